The molecule has 1 aromatic heterocycles. The van der Waals surface area contributed by atoms with Crippen LogP contribution in [0.3, 0.4) is 0 Å². The highest BCUT2D eigenvalue weighted by molar-refractivity contribution is 5.45. The van der Waals surface area contributed by atoms with E-state index in [1.165, 1.54) is 0 Å². The van der Waals surface area contributed by atoms with Crippen molar-refractivity contribution in [2.45, 2.75) is 44.0 Å². The molecule has 1 aliphatic carbocycles. The first-order valence-electron chi connectivity index (χ1n) is 6.41. The molecule has 0 radical (unpaired) electrons. The molecule has 1 heterocycles. The molecule has 9 heteroatoms. The molecule has 0 unspecified atom stereocenters. The Labute approximate surface area is 118 Å². The second-order valence-electron chi connectivity index (χ2n) is 4.95. The molecule has 0 saturated heterocycles. The summed E-state index contributed by atoms with van der Waals surface area (Å²) in [6.45, 7) is 0. The fourth-order valence-corrected chi connectivity index (χ4v) is 2.20. The average Bonchev–Trinajstić information content (AvgIpc) is 2.40. The number of pyridine rings is 1. The normalized spacial score (nSPS) is 22.9. The van der Waals surface area contributed by atoms with Crippen LogP contribution in [0.1, 0.15) is 31.4 Å². The van der Waals surface area contributed by atoms with Crippen molar-refractivity contribution in [3.8, 4) is 5.75 Å². The maximum absolute atomic E-state index is 12.6. The molecule has 1 fully saturated rings. The van der Waals surface area contributed by atoms with E-state index in [-0.39, 0.29) is 12.1 Å². The van der Waals surface area contributed by atoms with E-state index in [0.29, 0.717) is 37.9 Å². The van der Waals surface area contributed by atoms with Crippen LogP contribution in [-0.2, 0) is 6.18 Å². The second kappa shape index (κ2) is 5.84. The van der Waals surface area contributed by atoms with Gasteiger partial charge in [0, 0.05) is 12.1 Å². The number of rotatable bonds is 3. The van der Waals surface area contributed by atoms with Crippen LogP contribution in [0.4, 0.5) is 18.9 Å². The first-order chi connectivity index (χ1) is 9.77. The lowest BCUT2D eigenvalue weighted by Crippen LogP contribution is -2.31. The highest BCUT2D eigenvalue weighted by Gasteiger charge is 2.35. The lowest BCUT2D eigenvalue weighted by molar-refractivity contribution is -0.386. The highest BCUT2D eigenvalue weighted by Crippen LogP contribution is 2.35. The predicted octanol–water partition coefficient (Wildman–Crippen LogP) is 2.66. The van der Waals surface area contributed by atoms with Crippen molar-refractivity contribution in [1.29, 1.82) is 0 Å². The molecule has 1 aromatic rings. The van der Waals surface area contributed by atoms with Gasteiger partial charge in [0.15, 0.2) is 0 Å². The first kappa shape index (κ1) is 15.5. The summed E-state index contributed by atoms with van der Waals surface area (Å²) in [6.07, 6.45) is -2.00. The molecule has 1 aliphatic rings. The van der Waals surface area contributed by atoms with Crippen LogP contribution in [0.5, 0.6) is 5.75 Å². The van der Waals surface area contributed by atoms with Crippen molar-refractivity contribution in [3.05, 3.63) is 28.1 Å². The summed E-state index contributed by atoms with van der Waals surface area (Å²) in [5.41, 5.74) is 3.94. The van der Waals surface area contributed by atoms with Crippen molar-refractivity contribution < 1.29 is 22.8 Å². The molecule has 2 N–H and O–H groups in total. The van der Waals surface area contributed by atoms with Crippen LogP contribution < -0.4 is 10.5 Å². The summed E-state index contributed by atoms with van der Waals surface area (Å²) in [6, 6.07) is 0.621. The van der Waals surface area contributed by atoms with Gasteiger partial charge in [-0.1, -0.05) is 0 Å². The molecule has 21 heavy (non-hydrogen) atoms. The lowest BCUT2D eigenvalue weighted by Gasteiger charge is -2.26. The maximum Gasteiger partial charge on any atom is 0.433 e. The molecule has 0 amide bonds. The van der Waals surface area contributed by atoms with Crippen LogP contribution >= 0.6 is 0 Å². The van der Waals surface area contributed by atoms with E-state index in [0.717, 1.165) is 0 Å². The van der Waals surface area contributed by atoms with Crippen molar-refractivity contribution in [2.24, 2.45) is 5.73 Å². The number of ether oxygens (including phenoxy) is 1. The summed E-state index contributed by atoms with van der Waals surface area (Å²) in [4.78, 5) is 13.1. The largest absolute Gasteiger partial charge is 0.483 e. The second-order valence-corrected chi connectivity index (χ2v) is 4.95. The molecule has 1 saturated carbocycles. The standard InChI is InChI=1S/C12H14F3N3O3/c13-12(14,15)11-5-10(9(6-17-11)18(19)20)21-8-3-1-7(16)2-4-8/h5-8H,1-4,16H2. The van der Waals surface area contributed by atoms with E-state index < -0.39 is 28.2 Å². The molecule has 0 atom stereocenters. The molecular weight excluding hydrogens is 291 g/mol. The van der Waals surface area contributed by atoms with Crippen LogP contribution in [-0.4, -0.2) is 22.1 Å². The van der Waals surface area contributed by atoms with Gasteiger partial charge >= 0.3 is 11.9 Å². The van der Waals surface area contributed by atoms with E-state index in [9.17, 15) is 23.3 Å². The van der Waals surface area contributed by atoms with Gasteiger partial charge in [-0.3, -0.25) is 10.1 Å². The maximum atomic E-state index is 12.6. The zero-order chi connectivity index (χ0) is 15.6. The number of nitro groups is 1. The quantitative estimate of drug-likeness (QED) is 0.684. The van der Waals surface area contributed by atoms with Crippen LogP contribution in [0.25, 0.3) is 0 Å². The number of hydrogen-bond donors (Lipinski definition) is 1. The third kappa shape index (κ3) is 3.81. The summed E-state index contributed by atoms with van der Waals surface area (Å²) in [7, 11) is 0. The van der Waals surface area contributed by atoms with Gasteiger partial charge < -0.3 is 10.5 Å². The number of aromatic nitrogens is 1. The van der Waals surface area contributed by atoms with Crippen LogP contribution in [0.2, 0.25) is 0 Å². The molecule has 0 aliphatic heterocycles. The number of alkyl halides is 3. The van der Waals surface area contributed by atoms with E-state index in [1.807, 2.05) is 0 Å². The minimum Gasteiger partial charge on any atom is -0.483 e. The highest BCUT2D eigenvalue weighted by atomic mass is 19.4. The van der Waals surface area contributed by atoms with Gasteiger partial charge in [0.05, 0.1) is 11.0 Å². The van der Waals surface area contributed by atoms with Gasteiger partial charge in [0.25, 0.3) is 0 Å². The van der Waals surface area contributed by atoms with Crippen molar-refractivity contribution >= 4 is 5.69 Å². The Bertz CT molecular complexity index is 528. The first-order valence-corrected chi connectivity index (χ1v) is 6.41. The smallest absolute Gasteiger partial charge is 0.433 e. The predicted molar refractivity (Wildman–Crippen MR) is 66.8 cm³/mol. The number of hydrogen-bond acceptors (Lipinski definition) is 5. The Kier molecular flexibility index (Phi) is 4.31. The Morgan fingerprint density at radius 3 is 2.48 bits per heavy atom. The Balaban J connectivity index is 2.24. The van der Waals surface area contributed by atoms with Gasteiger partial charge in [0.1, 0.15) is 11.9 Å². The third-order valence-corrected chi connectivity index (χ3v) is 3.35. The molecule has 116 valence electrons. The van der Waals surface area contributed by atoms with Crippen molar-refractivity contribution in [2.75, 3.05) is 0 Å². The topological polar surface area (TPSA) is 91.3 Å². The minimum atomic E-state index is -4.68. The number of halogens is 3. The molecule has 6 nitrogen and oxygen atoms in total. The summed E-state index contributed by atoms with van der Waals surface area (Å²) >= 11 is 0. The Morgan fingerprint density at radius 2 is 1.95 bits per heavy atom. The number of nitrogens with two attached hydrogens (primary N) is 1. The SMILES string of the molecule is NC1CCC(Oc2cc(C(F)(F)F)ncc2[N+](=O)[O-])CC1. The zero-order valence-electron chi connectivity index (χ0n) is 11.0. The van der Waals surface area contributed by atoms with Gasteiger partial charge in [-0.25, -0.2) is 4.98 Å². The molecule has 0 aromatic carbocycles. The van der Waals surface area contributed by atoms with E-state index >= 15 is 0 Å². The fraction of sp³-hybridized carbons (Fsp3) is 0.583. The zero-order valence-corrected chi connectivity index (χ0v) is 11.0. The van der Waals surface area contributed by atoms with Crippen molar-refractivity contribution in [3.63, 3.8) is 0 Å². The molecule has 0 bridgehead atoms. The van der Waals surface area contributed by atoms with Crippen molar-refractivity contribution in [1.82, 2.24) is 4.98 Å². The van der Waals surface area contributed by atoms with Gasteiger partial charge in [0.2, 0.25) is 5.75 Å². The fourth-order valence-electron chi connectivity index (χ4n) is 2.20. The van der Waals surface area contributed by atoms with E-state index in [4.69, 9.17) is 10.5 Å². The minimum absolute atomic E-state index is 0.0445. The molecule has 0 spiro atoms. The summed E-state index contributed by atoms with van der Waals surface area (Å²) in [5.74, 6) is -0.400. The third-order valence-electron chi connectivity index (χ3n) is 3.35. The summed E-state index contributed by atoms with van der Waals surface area (Å²) < 4.78 is 43.3. The Hall–Kier alpha value is -1.90. The monoisotopic (exact) mass is 305 g/mol. The summed E-state index contributed by atoms with van der Waals surface area (Å²) in [5, 5.41) is 10.9. The van der Waals surface area contributed by atoms with Crippen LogP contribution in [0.15, 0.2) is 12.3 Å². The number of nitrogens with zero attached hydrogens (tertiary/aromatic N) is 2. The average molecular weight is 305 g/mol. The molecule has 2 rings (SSSR count). The van der Waals surface area contributed by atoms with Gasteiger partial charge in [-0.2, -0.15) is 13.2 Å². The van der Waals surface area contributed by atoms with E-state index in [1.54, 1.807) is 0 Å². The Morgan fingerprint density at radius 1 is 1.33 bits per heavy atom. The van der Waals surface area contributed by atoms with Gasteiger partial charge in [-0.05, 0) is 25.7 Å². The van der Waals surface area contributed by atoms with Gasteiger partial charge in [-0.15, -0.1) is 0 Å². The molecular formula is C12H14F3N3O3. The lowest BCUT2D eigenvalue weighted by atomic mass is 9.94. The van der Waals surface area contributed by atoms with Crippen LogP contribution in [0, 0.1) is 10.1 Å². The van der Waals surface area contributed by atoms with E-state index in [2.05, 4.69) is 4.98 Å².